The first-order valence-electron chi connectivity index (χ1n) is 9.53. The molecule has 2 amide bonds. The lowest BCUT2D eigenvalue weighted by Crippen LogP contribution is -2.20. The number of aromatic nitrogens is 2. The summed E-state index contributed by atoms with van der Waals surface area (Å²) in [5, 5.41) is 13.2. The number of H-pyrrole nitrogens is 1. The molecule has 0 spiro atoms. The maximum atomic E-state index is 12.4. The minimum atomic E-state index is -0.494. The zero-order valence-corrected chi connectivity index (χ0v) is 16.7. The Kier molecular flexibility index (Phi) is 5.79. The van der Waals surface area contributed by atoms with Gasteiger partial charge in [0.05, 0.1) is 18.2 Å². The Hall–Kier alpha value is -4.33. The second-order valence-electron chi connectivity index (χ2n) is 6.71. The second kappa shape index (κ2) is 9.00. The lowest BCUT2D eigenvalue weighted by Gasteiger charge is -2.08. The van der Waals surface area contributed by atoms with Crippen LogP contribution in [0.3, 0.4) is 0 Å². The predicted molar refractivity (Wildman–Crippen MR) is 117 cm³/mol. The largest absolute Gasteiger partial charge is 0.489 e. The molecule has 3 aromatic carbocycles. The summed E-state index contributed by atoms with van der Waals surface area (Å²) < 4.78 is 10.6. The van der Waals surface area contributed by atoms with Crippen LogP contribution in [0.2, 0.25) is 0 Å². The lowest BCUT2D eigenvalue weighted by molar-refractivity contribution is 0.0600. The summed E-state index contributed by atoms with van der Waals surface area (Å²) in [5.74, 6) is 0.541. The van der Waals surface area contributed by atoms with Crippen molar-refractivity contribution in [2.45, 2.75) is 6.61 Å². The number of hydrogen-bond acceptors (Lipinski definition) is 5. The first kappa shape index (κ1) is 20.0. The van der Waals surface area contributed by atoms with Crippen molar-refractivity contribution in [3.8, 4) is 5.75 Å². The van der Waals surface area contributed by atoms with Gasteiger partial charge in [-0.15, -0.1) is 0 Å². The summed E-state index contributed by atoms with van der Waals surface area (Å²) in [5.41, 5.74) is 2.61. The van der Waals surface area contributed by atoms with Gasteiger partial charge in [0.15, 0.2) is 5.82 Å². The molecule has 4 rings (SSSR count). The van der Waals surface area contributed by atoms with E-state index in [2.05, 4.69) is 20.8 Å². The molecule has 0 aliphatic carbocycles. The molecule has 31 heavy (non-hydrogen) atoms. The number of nitrogens with zero attached hydrogens (tertiary/aromatic N) is 1. The maximum absolute atomic E-state index is 12.4. The number of ether oxygens (including phenoxy) is 2. The number of rotatable bonds is 6. The Balaban J connectivity index is 1.45. The number of aromatic amines is 1. The third-order valence-corrected chi connectivity index (χ3v) is 4.56. The molecule has 0 aliphatic rings. The van der Waals surface area contributed by atoms with Gasteiger partial charge >= 0.3 is 12.0 Å². The van der Waals surface area contributed by atoms with E-state index in [4.69, 9.17) is 9.47 Å². The van der Waals surface area contributed by atoms with E-state index in [1.165, 1.54) is 13.2 Å². The smallest absolute Gasteiger partial charge is 0.337 e. The number of esters is 1. The van der Waals surface area contributed by atoms with Crippen LogP contribution in [0.15, 0.2) is 72.8 Å². The van der Waals surface area contributed by atoms with Crippen molar-refractivity contribution in [1.29, 1.82) is 0 Å². The van der Waals surface area contributed by atoms with Gasteiger partial charge in [-0.3, -0.25) is 10.4 Å². The summed E-state index contributed by atoms with van der Waals surface area (Å²) in [6.45, 7) is 0.435. The van der Waals surface area contributed by atoms with Crippen molar-refractivity contribution in [3.63, 3.8) is 0 Å². The van der Waals surface area contributed by atoms with Gasteiger partial charge in [0.2, 0.25) is 0 Å². The van der Waals surface area contributed by atoms with Crippen molar-refractivity contribution in [2.24, 2.45) is 0 Å². The fourth-order valence-corrected chi connectivity index (χ4v) is 3.03. The van der Waals surface area contributed by atoms with Crippen molar-refractivity contribution >= 4 is 34.4 Å². The van der Waals surface area contributed by atoms with Crippen LogP contribution < -0.4 is 15.4 Å². The fourth-order valence-electron chi connectivity index (χ4n) is 3.03. The first-order chi connectivity index (χ1) is 15.1. The third-order valence-electron chi connectivity index (χ3n) is 4.56. The number of benzene rings is 3. The molecule has 8 nitrogen and oxygen atoms in total. The topological polar surface area (TPSA) is 105 Å². The molecule has 0 saturated heterocycles. The Bertz CT molecular complexity index is 1220. The summed E-state index contributed by atoms with van der Waals surface area (Å²) in [6, 6.07) is 21.3. The minimum absolute atomic E-state index is 0.339. The number of nitrogens with one attached hydrogen (secondary N) is 3. The minimum Gasteiger partial charge on any atom is -0.489 e. The van der Waals surface area contributed by atoms with Gasteiger partial charge in [-0.1, -0.05) is 36.4 Å². The summed E-state index contributed by atoms with van der Waals surface area (Å²) >= 11 is 0. The maximum Gasteiger partial charge on any atom is 0.337 e. The number of methoxy groups -OCH3 is 1. The van der Waals surface area contributed by atoms with Crippen molar-refractivity contribution in [1.82, 2.24) is 10.2 Å². The zero-order chi connectivity index (χ0) is 21.6. The van der Waals surface area contributed by atoms with Gasteiger partial charge in [-0.2, -0.15) is 5.10 Å². The Labute approximate surface area is 178 Å². The SMILES string of the molecule is COC(=O)c1cccc(NC(=O)Nc2n[nH]c3ccc(OCc4ccccc4)cc23)c1. The van der Waals surface area contributed by atoms with Gasteiger partial charge in [0, 0.05) is 11.1 Å². The van der Waals surface area contributed by atoms with E-state index >= 15 is 0 Å². The van der Waals surface area contributed by atoms with Crippen LogP contribution in [0.1, 0.15) is 15.9 Å². The highest BCUT2D eigenvalue weighted by molar-refractivity contribution is 6.05. The highest BCUT2D eigenvalue weighted by Crippen LogP contribution is 2.26. The highest BCUT2D eigenvalue weighted by Gasteiger charge is 2.12. The van der Waals surface area contributed by atoms with E-state index in [0.717, 1.165) is 11.1 Å². The summed E-state index contributed by atoms with van der Waals surface area (Å²) in [4.78, 5) is 24.1. The molecule has 1 aromatic heterocycles. The number of carbonyl (C=O) groups is 2. The lowest BCUT2D eigenvalue weighted by atomic mass is 10.2. The van der Waals surface area contributed by atoms with Crippen LogP contribution in [-0.2, 0) is 11.3 Å². The molecule has 1 heterocycles. The van der Waals surface area contributed by atoms with Crippen molar-refractivity contribution in [3.05, 3.63) is 83.9 Å². The summed E-state index contributed by atoms with van der Waals surface area (Å²) in [7, 11) is 1.30. The van der Waals surface area contributed by atoms with Gasteiger partial charge in [0.1, 0.15) is 12.4 Å². The molecular formula is C23H20N4O4. The molecular weight excluding hydrogens is 396 g/mol. The number of carbonyl (C=O) groups excluding carboxylic acids is 2. The Morgan fingerprint density at radius 1 is 0.968 bits per heavy atom. The zero-order valence-electron chi connectivity index (χ0n) is 16.7. The number of amides is 2. The molecule has 0 atom stereocenters. The second-order valence-corrected chi connectivity index (χ2v) is 6.71. The predicted octanol–water partition coefficient (Wildman–Crippen LogP) is 4.57. The van der Waals surface area contributed by atoms with Crippen LogP contribution in [-0.4, -0.2) is 29.3 Å². The molecule has 3 N–H and O–H groups in total. The van der Waals surface area contributed by atoms with Crippen molar-refractivity contribution in [2.75, 3.05) is 17.7 Å². The first-order valence-corrected chi connectivity index (χ1v) is 9.53. The molecule has 0 fully saturated rings. The fraction of sp³-hybridized carbons (Fsp3) is 0.0870. The molecule has 0 saturated carbocycles. The van der Waals surface area contributed by atoms with E-state index in [-0.39, 0.29) is 0 Å². The normalized spacial score (nSPS) is 10.5. The van der Waals surface area contributed by atoms with Crippen LogP contribution in [0, 0.1) is 0 Å². The van der Waals surface area contributed by atoms with E-state index in [1.807, 2.05) is 48.5 Å². The van der Waals surface area contributed by atoms with Gasteiger partial charge in [-0.05, 0) is 42.0 Å². The van der Waals surface area contributed by atoms with Gasteiger partial charge < -0.3 is 14.8 Å². The molecule has 4 aromatic rings. The van der Waals surface area contributed by atoms with E-state index in [9.17, 15) is 9.59 Å². The van der Waals surface area contributed by atoms with Gasteiger partial charge in [-0.25, -0.2) is 9.59 Å². The monoisotopic (exact) mass is 416 g/mol. The van der Waals surface area contributed by atoms with Crippen molar-refractivity contribution < 1.29 is 19.1 Å². The highest BCUT2D eigenvalue weighted by atomic mass is 16.5. The third kappa shape index (κ3) is 4.81. The van der Waals surface area contributed by atoms with Gasteiger partial charge in [0.25, 0.3) is 0 Å². The molecule has 0 bridgehead atoms. The summed E-state index contributed by atoms with van der Waals surface area (Å²) in [6.07, 6.45) is 0. The number of anilines is 2. The quantitative estimate of drug-likeness (QED) is 0.399. The Morgan fingerprint density at radius 2 is 1.81 bits per heavy atom. The van der Waals surface area contributed by atoms with Crippen LogP contribution >= 0.6 is 0 Å². The van der Waals surface area contributed by atoms with E-state index in [1.54, 1.807) is 18.2 Å². The molecule has 0 aliphatic heterocycles. The standard InChI is InChI=1S/C23H20N4O4/c1-30-22(28)16-8-5-9-17(12-16)24-23(29)25-21-19-13-18(10-11-20(19)26-27-21)31-14-15-6-3-2-4-7-15/h2-13H,14H2,1H3,(H3,24,25,26,27,29). The number of fused-ring (bicyclic) bond motifs is 1. The molecule has 0 radical (unpaired) electrons. The average Bonchev–Trinajstić information content (AvgIpc) is 3.19. The molecule has 156 valence electrons. The molecule has 8 heteroatoms. The van der Waals surface area contributed by atoms with E-state index < -0.39 is 12.0 Å². The average molecular weight is 416 g/mol. The van der Waals surface area contributed by atoms with Crippen LogP contribution in [0.4, 0.5) is 16.3 Å². The number of urea groups is 1. The molecule has 0 unspecified atom stereocenters. The van der Waals surface area contributed by atoms with Crippen LogP contribution in [0.25, 0.3) is 10.9 Å². The Morgan fingerprint density at radius 3 is 2.61 bits per heavy atom. The van der Waals surface area contributed by atoms with E-state index in [0.29, 0.717) is 34.8 Å². The van der Waals surface area contributed by atoms with Crippen LogP contribution in [0.5, 0.6) is 5.75 Å². The number of hydrogen-bond donors (Lipinski definition) is 3.